The number of thioether (sulfide) groups is 1. The second-order valence-electron chi connectivity index (χ2n) is 5.39. The van der Waals surface area contributed by atoms with E-state index in [0.717, 1.165) is 12.1 Å². The molecule has 21 heavy (non-hydrogen) atoms. The van der Waals surface area contributed by atoms with Crippen LogP contribution in [0.4, 0.5) is 13.2 Å². The first-order valence-electron chi connectivity index (χ1n) is 7.03. The molecular weight excluding hydrogens is 299 g/mol. The van der Waals surface area contributed by atoms with Crippen LogP contribution in [0.1, 0.15) is 31.2 Å². The molecule has 0 aliphatic heterocycles. The molecule has 0 spiro atoms. The van der Waals surface area contributed by atoms with Crippen LogP contribution in [0.25, 0.3) is 0 Å². The zero-order chi connectivity index (χ0) is 15.3. The molecular formula is C15H20F3NOS. The van der Waals surface area contributed by atoms with Gasteiger partial charge < -0.3 is 10.1 Å². The van der Waals surface area contributed by atoms with Gasteiger partial charge in [-0.2, -0.15) is 11.8 Å². The number of ether oxygens (including phenoxy) is 1. The summed E-state index contributed by atoms with van der Waals surface area (Å²) in [6, 6.07) is 6.03. The molecule has 1 saturated carbocycles. The van der Waals surface area contributed by atoms with E-state index in [1.165, 1.54) is 37.8 Å². The fourth-order valence-electron chi connectivity index (χ4n) is 2.72. The number of alkyl halides is 3. The van der Waals surface area contributed by atoms with E-state index in [0.29, 0.717) is 11.3 Å². The van der Waals surface area contributed by atoms with E-state index in [2.05, 4.69) is 16.3 Å². The second kappa shape index (κ2) is 6.92. The fraction of sp³-hybridized carbons (Fsp3) is 0.600. The number of hydrogen-bond donors (Lipinski definition) is 1. The molecule has 0 bridgehead atoms. The summed E-state index contributed by atoms with van der Waals surface area (Å²) in [6.45, 7) is 1.60. The first kappa shape index (κ1) is 16.5. The number of hydrogen-bond acceptors (Lipinski definition) is 3. The Hall–Kier alpha value is -0.880. The Bertz CT molecular complexity index is 441. The summed E-state index contributed by atoms with van der Waals surface area (Å²) in [4.78, 5) is 0. The van der Waals surface area contributed by atoms with E-state index in [9.17, 15) is 13.2 Å². The van der Waals surface area contributed by atoms with Crippen molar-refractivity contribution in [3.63, 3.8) is 0 Å². The highest BCUT2D eigenvalue weighted by atomic mass is 32.2. The maximum Gasteiger partial charge on any atom is 0.573 e. The van der Waals surface area contributed by atoms with Crippen LogP contribution in [0, 0.1) is 0 Å². The number of halogens is 3. The highest BCUT2D eigenvalue weighted by molar-refractivity contribution is 8.00. The van der Waals surface area contributed by atoms with Crippen LogP contribution in [0.2, 0.25) is 0 Å². The van der Waals surface area contributed by atoms with Gasteiger partial charge in [-0.25, -0.2) is 0 Å². The van der Waals surface area contributed by atoms with Crippen molar-refractivity contribution in [3.05, 3.63) is 29.8 Å². The third kappa shape index (κ3) is 5.11. The molecule has 0 atom stereocenters. The predicted octanol–water partition coefficient (Wildman–Crippen LogP) is 4.35. The lowest BCUT2D eigenvalue weighted by Gasteiger charge is -2.27. The topological polar surface area (TPSA) is 21.3 Å². The van der Waals surface area contributed by atoms with E-state index in [-0.39, 0.29) is 5.75 Å². The third-order valence-corrected chi connectivity index (χ3v) is 5.30. The van der Waals surface area contributed by atoms with E-state index in [1.807, 2.05) is 11.8 Å². The molecule has 1 fully saturated rings. The highest BCUT2D eigenvalue weighted by Crippen LogP contribution is 2.39. The van der Waals surface area contributed by atoms with Gasteiger partial charge in [0.25, 0.3) is 0 Å². The lowest BCUT2D eigenvalue weighted by atomic mass is 10.1. The zero-order valence-electron chi connectivity index (χ0n) is 12.0. The molecule has 1 aromatic rings. The molecule has 0 heterocycles. The van der Waals surface area contributed by atoms with Gasteiger partial charge in [-0.05, 0) is 36.8 Å². The summed E-state index contributed by atoms with van der Waals surface area (Å²) in [5, 5.41) is 3.42. The molecule has 1 aliphatic rings. The minimum atomic E-state index is -4.63. The molecule has 1 aromatic carbocycles. The zero-order valence-corrected chi connectivity index (χ0v) is 12.8. The Kier molecular flexibility index (Phi) is 5.43. The molecule has 1 aliphatic carbocycles. The number of rotatable bonds is 6. The summed E-state index contributed by atoms with van der Waals surface area (Å²) in [5.74, 6) is -0.178. The Morgan fingerprint density at radius 3 is 2.33 bits per heavy atom. The minimum Gasteiger partial charge on any atom is -0.406 e. The van der Waals surface area contributed by atoms with Gasteiger partial charge in [0.2, 0.25) is 0 Å². The first-order valence-corrected chi connectivity index (χ1v) is 8.25. The lowest BCUT2D eigenvalue weighted by molar-refractivity contribution is -0.274. The highest BCUT2D eigenvalue weighted by Gasteiger charge is 2.32. The van der Waals surface area contributed by atoms with Crippen LogP contribution >= 0.6 is 11.8 Å². The standard InChI is InChI=1S/C15H20F3NOS/c1-21-14(8-2-3-9-14)11-19-10-12-4-6-13(7-5-12)20-15(16,17)18/h4-7,19H,2-3,8-11H2,1H3. The Morgan fingerprint density at radius 2 is 1.81 bits per heavy atom. The molecule has 2 nitrogen and oxygen atoms in total. The first-order chi connectivity index (χ1) is 9.92. The van der Waals surface area contributed by atoms with Crippen molar-refractivity contribution in [2.75, 3.05) is 12.8 Å². The van der Waals surface area contributed by atoms with Crippen LogP contribution in [0.15, 0.2) is 24.3 Å². The average molecular weight is 319 g/mol. The fourth-order valence-corrected chi connectivity index (χ4v) is 3.66. The third-order valence-electron chi connectivity index (χ3n) is 3.88. The van der Waals surface area contributed by atoms with Crippen LogP contribution in [-0.2, 0) is 6.54 Å². The van der Waals surface area contributed by atoms with Gasteiger partial charge >= 0.3 is 6.36 Å². The summed E-state index contributed by atoms with van der Waals surface area (Å²) in [5.41, 5.74) is 0.957. The van der Waals surface area contributed by atoms with Crippen molar-refractivity contribution < 1.29 is 17.9 Å². The normalized spacial score (nSPS) is 17.9. The van der Waals surface area contributed by atoms with Crippen molar-refractivity contribution in [1.82, 2.24) is 5.32 Å². The largest absolute Gasteiger partial charge is 0.573 e. The van der Waals surface area contributed by atoms with Gasteiger partial charge in [-0.3, -0.25) is 0 Å². The van der Waals surface area contributed by atoms with Gasteiger partial charge in [-0.15, -0.1) is 13.2 Å². The number of nitrogens with one attached hydrogen (secondary N) is 1. The summed E-state index contributed by atoms with van der Waals surface area (Å²) in [7, 11) is 0. The van der Waals surface area contributed by atoms with Gasteiger partial charge in [0.05, 0.1) is 0 Å². The predicted molar refractivity (Wildman–Crippen MR) is 79.5 cm³/mol. The van der Waals surface area contributed by atoms with Crippen molar-refractivity contribution in [1.29, 1.82) is 0 Å². The SMILES string of the molecule is CSC1(CNCc2ccc(OC(F)(F)F)cc2)CCCC1. The Morgan fingerprint density at radius 1 is 1.19 bits per heavy atom. The quantitative estimate of drug-likeness (QED) is 0.842. The smallest absolute Gasteiger partial charge is 0.406 e. The molecule has 1 N–H and O–H groups in total. The monoisotopic (exact) mass is 319 g/mol. The molecule has 2 rings (SSSR count). The van der Waals surface area contributed by atoms with Crippen molar-refractivity contribution in [2.24, 2.45) is 0 Å². The van der Waals surface area contributed by atoms with E-state index < -0.39 is 6.36 Å². The Labute approximate surface area is 127 Å². The second-order valence-corrected chi connectivity index (χ2v) is 6.66. The van der Waals surface area contributed by atoms with Crippen LogP contribution in [0.5, 0.6) is 5.75 Å². The molecule has 0 amide bonds. The van der Waals surface area contributed by atoms with Gasteiger partial charge in [0.15, 0.2) is 0 Å². The van der Waals surface area contributed by atoms with Crippen LogP contribution in [0.3, 0.4) is 0 Å². The van der Waals surface area contributed by atoms with Gasteiger partial charge in [0.1, 0.15) is 5.75 Å². The van der Waals surface area contributed by atoms with Crippen molar-refractivity contribution in [3.8, 4) is 5.75 Å². The number of benzene rings is 1. The van der Waals surface area contributed by atoms with Crippen molar-refractivity contribution >= 4 is 11.8 Å². The average Bonchev–Trinajstić information content (AvgIpc) is 2.89. The molecule has 0 aromatic heterocycles. The molecule has 0 saturated heterocycles. The summed E-state index contributed by atoms with van der Waals surface area (Å²) >= 11 is 1.92. The minimum absolute atomic E-state index is 0.178. The van der Waals surface area contributed by atoms with Gasteiger partial charge in [0, 0.05) is 17.8 Å². The molecule has 0 radical (unpaired) electrons. The van der Waals surface area contributed by atoms with E-state index >= 15 is 0 Å². The van der Waals surface area contributed by atoms with Crippen LogP contribution in [-0.4, -0.2) is 23.9 Å². The molecule has 0 unspecified atom stereocenters. The van der Waals surface area contributed by atoms with Gasteiger partial charge in [-0.1, -0.05) is 25.0 Å². The van der Waals surface area contributed by atoms with Crippen molar-refractivity contribution in [2.45, 2.75) is 43.3 Å². The van der Waals surface area contributed by atoms with E-state index in [1.54, 1.807) is 12.1 Å². The van der Waals surface area contributed by atoms with Crippen LogP contribution < -0.4 is 10.1 Å². The Balaban J connectivity index is 1.81. The summed E-state index contributed by atoms with van der Waals surface area (Å²) < 4.78 is 40.4. The lowest BCUT2D eigenvalue weighted by Crippen LogP contribution is -2.34. The molecule has 118 valence electrons. The maximum absolute atomic E-state index is 12.1. The van der Waals surface area contributed by atoms with E-state index in [4.69, 9.17) is 0 Å². The summed E-state index contributed by atoms with van der Waals surface area (Å²) in [6.07, 6.45) is 2.56. The maximum atomic E-state index is 12.1. The molecule has 6 heteroatoms.